The van der Waals surface area contributed by atoms with E-state index < -0.39 is 11.4 Å². The molecule has 20 heavy (non-hydrogen) atoms. The van der Waals surface area contributed by atoms with Crippen molar-refractivity contribution in [2.24, 2.45) is 11.3 Å². The highest BCUT2D eigenvalue weighted by atomic mass is 16.5. The third-order valence-electron chi connectivity index (χ3n) is 3.64. The van der Waals surface area contributed by atoms with E-state index >= 15 is 0 Å². The zero-order valence-corrected chi connectivity index (χ0v) is 12.6. The molecule has 1 unspecified atom stereocenters. The van der Waals surface area contributed by atoms with Crippen molar-refractivity contribution in [2.45, 2.75) is 33.6 Å². The molecule has 116 valence electrons. The molecule has 1 saturated heterocycles. The first-order valence-electron chi connectivity index (χ1n) is 7.19. The van der Waals surface area contributed by atoms with E-state index in [0.29, 0.717) is 38.6 Å². The van der Waals surface area contributed by atoms with Crippen LogP contribution in [0.4, 0.5) is 4.79 Å². The van der Waals surface area contributed by atoms with Gasteiger partial charge in [-0.05, 0) is 25.7 Å². The number of urea groups is 1. The van der Waals surface area contributed by atoms with Crippen LogP contribution in [-0.2, 0) is 9.53 Å². The van der Waals surface area contributed by atoms with Gasteiger partial charge in [0.2, 0.25) is 0 Å². The number of nitrogens with zero attached hydrogens (tertiary/aromatic N) is 1. The fraction of sp³-hybridized carbons (Fsp3) is 0.857. The van der Waals surface area contributed by atoms with Gasteiger partial charge in [0.25, 0.3) is 0 Å². The minimum Gasteiger partial charge on any atom is -0.481 e. The van der Waals surface area contributed by atoms with E-state index in [0.717, 1.165) is 6.42 Å². The SMILES string of the molecule is CC(C)CCOCCNC(=O)N1CCC(C)(C(=O)O)C1. The molecule has 0 aromatic rings. The Morgan fingerprint density at radius 1 is 1.40 bits per heavy atom. The second-order valence-corrected chi connectivity index (χ2v) is 6.06. The van der Waals surface area contributed by atoms with Crippen LogP contribution in [0.15, 0.2) is 0 Å². The summed E-state index contributed by atoms with van der Waals surface area (Å²) in [5.41, 5.74) is -0.814. The summed E-state index contributed by atoms with van der Waals surface area (Å²) in [6.07, 6.45) is 1.51. The molecule has 0 aromatic heterocycles. The lowest BCUT2D eigenvalue weighted by Gasteiger charge is -2.20. The zero-order chi connectivity index (χ0) is 15.2. The minimum absolute atomic E-state index is 0.206. The van der Waals surface area contributed by atoms with Crippen molar-refractivity contribution >= 4 is 12.0 Å². The molecule has 0 radical (unpaired) electrons. The first-order chi connectivity index (χ1) is 9.35. The molecule has 0 spiro atoms. The normalized spacial score (nSPS) is 22.3. The smallest absolute Gasteiger partial charge is 0.317 e. The summed E-state index contributed by atoms with van der Waals surface area (Å²) in [5.74, 6) is -0.229. The number of carboxylic acid groups (broad SMARTS) is 1. The summed E-state index contributed by atoms with van der Waals surface area (Å²) in [6.45, 7) is 8.35. The quantitative estimate of drug-likeness (QED) is 0.696. The van der Waals surface area contributed by atoms with Gasteiger partial charge in [-0.25, -0.2) is 4.79 Å². The predicted molar refractivity (Wildman–Crippen MR) is 75.6 cm³/mol. The molecule has 2 amide bonds. The van der Waals surface area contributed by atoms with E-state index in [1.807, 2.05) is 0 Å². The van der Waals surface area contributed by atoms with Crippen LogP contribution < -0.4 is 5.32 Å². The van der Waals surface area contributed by atoms with Crippen molar-refractivity contribution < 1.29 is 19.4 Å². The van der Waals surface area contributed by atoms with Crippen LogP contribution in [0.3, 0.4) is 0 Å². The molecule has 0 aromatic carbocycles. The van der Waals surface area contributed by atoms with Gasteiger partial charge in [0.15, 0.2) is 0 Å². The van der Waals surface area contributed by atoms with Crippen LogP contribution in [0.25, 0.3) is 0 Å². The van der Waals surface area contributed by atoms with Crippen LogP contribution in [0, 0.1) is 11.3 Å². The third kappa shape index (κ3) is 5.00. The van der Waals surface area contributed by atoms with Crippen LogP contribution in [0.1, 0.15) is 33.6 Å². The van der Waals surface area contributed by atoms with Crippen molar-refractivity contribution in [2.75, 3.05) is 32.8 Å². The predicted octanol–water partition coefficient (Wildman–Crippen LogP) is 1.56. The molecule has 0 aliphatic carbocycles. The lowest BCUT2D eigenvalue weighted by atomic mass is 9.90. The molecule has 0 bridgehead atoms. The van der Waals surface area contributed by atoms with Gasteiger partial charge in [-0.3, -0.25) is 4.79 Å². The van der Waals surface area contributed by atoms with Gasteiger partial charge in [-0.2, -0.15) is 0 Å². The lowest BCUT2D eigenvalue weighted by Crippen LogP contribution is -2.42. The summed E-state index contributed by atoms with van der Waals surface area (Å²) in [4.78, 5) is 24.5. The Hall–Kier alpha value is -1.30. The van der Waals surface area contributed by atoms with Crippen molar-refractivity contribution in [3.63, 3.8) is 0 Å². The summed E-state index contributed by atoms with van der Waals surface area (Å²) in [7, 11) is 0. The number of ether oxygens (including phenoxy) is 1. The first-order valence-corrected chi connectivity index (χ1v) is 7.19. The van der Waals surface area contributed by atoms with Crippen LogP contribution in [0.2, 0.25) is 0 Å². The van der Waals surface area contributed by atoms with Crippen LogP contribution >= 0.6 is 0 Å². The number of aliphatic carboxylic acids is 1. The van der Waals surface area contributed by atoms with Gasteiger partial charge < -0.3 is 20.1 Å². The largest absolute Gasteiger partial charge is 0.481 e. The molecule has 1 atom stereocenters. The molecule has 1 aliphatic heterocycles. The molecule has 1 fully saturated rings. The van der Waals surface area contributed by atoms with Crippen molar-refractivity contribution in [3.05, 3.63) is 0 Å². The standard InChI is InChI=1S/C14H26N2O4/c1-11(2)4-8-20-9-6-15-13(19)16-7-5-14(3,10-16)12(17)18/h11H,4-10H2,1-3H3,(H,15,19)(H,17,18). The van der Waals surface area contributed by atoms with Crippen LogP contribution in [0.5, 0.6) is 0 Å². The third-order valence-corrected chi connectivity index (χ3v) is 3.64. The summed E-state index contributed by atoms with van der Waals surface area (Å²) in [6, 6.07) is -0.206. The number of carbonyl (C=O) groups is 2. The van der Waals surface area contributed by atoms with E-state index in [-0.39, 0.29) is 12.6 Å². The molecule has 2 N–H and O–H groups in total. The van der Waals surface area contributed by atoms with Gasteiger partial charge in [0, 0.05) is 26.2 Å². The summed E-state index contributed by atoms with van der Waals surface area (Å²) >= 11 is 0. The Morgan fingerprint density at radius 3 is 2.65 bits per heavy atom. The Labute approximate surface area is 120 Å². The maximum absolute atomic E-state index is 11.9. The molecule has 1 rings (SSSR count). The fourth-order valence-electron chi connectivity index (χ4n) is 2.07. The average molecular weight is 286 g/mol. The number of nitrogens with one attached hydrogen (secondary N) is 1. The van der Waals surface area contributed by atoms with E-state index in [4.69, 9.17) is 9.84 Å². The van der Waals surface area contributed by atoms with E-state index in [1.54, 1.807) is 11.8 Å². The van der Waals surface area contributed by atoms with Crippen molar-refractivity contribution in [1.29, 1.82) is 0 Å². The van der Waals surface area contributed by atoms with Gasteiger partial charge in [-0.1, -0.05) is 13.8 Å². The van der Waals surface area contributed by atoms with E-state index in [1.165, 1.54) is 0 Å². The maximum atomic E-state index is 11.9. The Bertz CT molecular complexity index is 346. The highest BCUT2D eigenvalue weighted by Gasteiger charge is 2.42. The Morgan fingerprint density at radius 2 is 2.10 bits per heavy atom. The minimum atomic E-state index is -0.843. The van der Waals surface area contributed by atoms with Crippen molar-refractivity contribution in [1.82, 2.24) is 10.2 Å². The number of rotatable bonds is 7. The molecular weight excluding hydrogens is 260 g/mol. The molecule has 0 saturated carbocycles. The highest BCUT2D eigenvalue weighted by molar-refractivity contribution is 5.79. The molecular formula is C14H26N2O4. The van der Waals surface area contributed by atoms with Gasteiger partial charge in [0.1, 0.15) is 0 Å². The lowest BCUT2D eigenvalue weighted by molar-refractivity contribution is -0.147. The Balaban J connectivity index is 2.17. The summed E-state index contributed by atoms with van der Waals surface area (Å²) in [5, 5.41) is 11.9. The second-order valence-electron chi connectivity index (χ2n) is 6.06. The van der Waals surface area contributed by atoms with Crippen molar-refractivity contribution in [3.8, 4) is 0 Å². The number of amides is 2. The maximum Gasteiger partial charge on any atom is 0.317 e. The molecule has 1 aliphatic rings. The molecule has 6 nitrogen and oxygen atoms in total. The van der Waals surface area contributed by atoms with Crippen LogP contribution in [-0.4, -0.2) is 54.9 Å². The average Bonchev–Trinajstić information content (AvgIpc) is 2.77. The number of carboxylic acids is 1. The molecule has 1 heterocycles. The Kier molecular flexibility index (Phi) is 6.26. The van der Waals surface area contributed by atoms with Gasteiger partial charge in [0.05, 0.1) is 12.0 Å². The van der Waals surface area contributed by atoms with E-state index in [9.17, 15) is 9.59 Å². The number of carbonyl (C=O) groups excluding carboxylic acids is 1. The monoisotopic (exact) mass is 286 g/mol. The number of likely N-dealkylation sites (tertiary alicyclic amines) is 1. The van der Waals surface area contributed by atoms with Gasteiger partial charge in [-0.15, -0.1) is 0 Å². The number of hydrogen-bond acceptors (Lipinski definition) is 3. The topological polar surface area (TPSA) is 78.9 Å². The zero-order valence-electron chi connectivity index (χ0n) is 12.6. The van der Waals surface area contributed by atoms with E-state index in [2.05, 4.69) is 19.2 Å². The second kappa shape index (κ2) is 7.47. The number of hydrogen-bond donors (Lipinski definition) is 2. The van der Waals surface area contributed by atoms with Gasteiger partial charge >= 0.3 is 12.0 Å². The first kappa shape index (κ1) is 16.8. The molecule has 6 heteroatoms. The summed E-state index contributed by atoms with van der Waals surface area (Å²) < 4.78 is 5.41. The fourth-order valence-corrected chi connectivity index (χ4v) is 2.07. The highest BCUT2D eigenvalue weighted by Crippen LogP contribution is 2.29.